The molecule has 0 aliphatic heterocycles. The van der Waals surface area contributed by atoms with Crippen LogP contribution < -0.4 is 15.8 Å². The number of nitrogens with zero attached hydrogens (tertiary/aromatic N) is 3. The van der Waals surface area contributed by atoms with Gasteiger partial charge in [-0.15, -0.1) is 0 Å². The third-order valence-electron chi connectivity index (χ3n) is 2.00. The molecule has 0 radical (unpaired) electrons. The van der Waals surface area contributed by atoms with E-state index in [1.54, 1.807) is 0 Å². The first-order valence-corrected chi connectivity index (χ1v) is 5.56. The Morgan fingerprint density at radius 1 is 1.31 bits per heavy atom. The highest BCUT2D eigenvalue weighted by molar-refractivity contribution is 5.33. The molecule has 1 aromatic heterocycles. The molecule has 0 aromatic carbocycles. The van der Waals surface area contributed by atoms with Gasteiger partial charge in [0, 0.05) is 6.04 Å². The van der Waals surface area contributed by atoms with Crippen molar-refractivity contribution in [3.05, 3.63) is 0 Å². The van der Waals surface area contributed by atoms with Gasteiger partial charge in [-0.1, -0.05) is 13.3 Å². The first-order chi connectivity index (χ1) is 7.65. The van der Waals surface area contributed by atoms with Gasteiger partial charge in [-0.05, 0) is 20.3 Å². The normalized spacial score (nSPS) is 12.2. The van der Waals surface area contributed by atoms with Crippen LogP contribution in [0, 0.1) is 0 Å². The summed E-state index contributed by atoms with van der Waals surface area (Å²) in [5, 5.41) is 3.16. The molecule has 0 aliphatic carbocycles. The number of nitrogens with one attached hydrogen (secondary N) is 1. The van der Waals surface area contributed by atoms with Crippen LogP contribution in [0.3, 0.4) is 0 Å². The van der Waals surface area contributed by atoms with Crippen molar-refractivity contribution < 1.29 is 4.74 Å². The molecule has 0 bridgehead atoms. The van der Waals surface area contributed by atoms with Gasteiger partial charge in [-0.3, -0.25) is 0 Å². The van der Waals surface area contributed by atoms with Crippen molar-refractivity contribution in [1.29, 1.82) is 0 Å². The zero-order valence-electron chi connectivity index (χ0n) is 10.0. The average molecular weight is 225 g/mol. The van der Waals surface area contributed by atoms with Crippen molar-refractivity contribution in [3.8, 4) is 6.01 Å². The highest BCUT2D eigenvalue weighted by Crippen LogP contribution is 2.11. The van der Waals surface area contributed by atoms with Gasteiger partial charge in [0.1, 0.15) is 0 Å². The van der Waals surface area contributed by atoms with Crippen LogP contribution in [-0.4, -0.2) is 27.6 Å². The zero-order valence-corrected chi connectivity index (χ0v) is 10.0. The van der Waals surface area contributed by atoms with Crippen LogP contribution in [0.5, 0.6) is 6.01 Å². The Bertz CT molecular complexity index is 331. The van der Waals surface area contributed by atoms with Crippen molar-refractivity contribution in [1.82, 2.24) is 15.0 Å². The minimum atomic E-state index is 0.171. The van der Waals surface area contributed by atoms with Crippen molar-refractivity contribution in [2.75, 3.05) is 17.7 Å². The fraction of sp³-hybridized carbons (Fsp3) is 0.700. The van der Waals surface area contributed by atoms with Crippen LogP contribution in [0.1, 0.15) is 33.6 Å². The van der Waals surface area contributed by atoms with Crippen LogP contribution in [0.15, 0.2) is 0 Å². The Morgan fingerprint density at radius 2 is 2.06 bits per heavy atom. The van der Waals surface area contributed by atoms with E-state index in [1.165, 1.54) is 0 Å². The van der Waals surface area contributed by atoms with Crippen LogP contribution in [0.25, 0.3) is 0 Å². The van der Waals surface area contributed by atoms with E-state index < -0.39 is 0 Å². The van der Waals surface area contributed by atoms with Crippen LogP contribution >= 0.6 is 0 Å². The smallest absolute Gasteiger partial charge is 0.323 e. The van der Waals surface area contributed by atoms with E-state index in [-0.39, 0.29) is 12.0 Å². The van der Waals surface area contributed by atoms with Gasteiger partial charge < -0.3 is 15.8 Å². The Labute approximate surface area is 95.6 Å². The molecule has 1 aromatic rings. The summed E-state index contributed by atoms with van der Waals surface area (Å²) in [7, 11) is 0. The molecular weight excluding hydrogens is 206 g/mol. The summed E-state index contributed by atoms with van der Waals surface area (Å²) in [5.74, 6) is 0.640. The number of hydrogen-bond acceptors (Lipinski definition) is 6. The second-order valence-corrected chi connectivity index (χ2v) is 3.57. The summed E-state index contributed by atoms with van der Waals surface area (Å²) in [6.45, 7) is 6.58. The predicted octanol–water partition coefficient (Wildman–Crippen LogP) is 1.45. The van der Waals surface area contributed by atoms with Gasteiger partial charge >= 0.3 is 6.01 Å². The lowest BCUT2D eigenvalue weighted by Gasteiger charge is -2.13. The molecular formula is C10H19N5O. The van der Waals surface area contributed by atoms with Crippen molar-refractivity contribution in [2.45, 2.75) is 39.7 Å². The average Bonchev–Trinajstić information content (AvgIpc) is 2.17. The van der Waals surface area contributed by atoms with Gasteiger partial charge in [0.15, 0.2) is 0 Å². The fourth-order valence-electron chi connectivity index (χ4n) is 1.36. The molecule has 16 heavy (non-hydrogen) atoms. The molecule has 0 spiro atoms. The molecule has 6 heteroatoms. The van der Waals surface area contributed by atoms with Crippen molar-refractivity contribution >= 4 is 11.9 Å². The quantitative estimate of drug-likeness (QED) is 0.762. The molecule has 0 aliphatic rings. The highest BCUT2D eigenvalue weighted by Gasteiger charge is 2.07. The van der Waals surface area contributed by atoms with E-state index in [0.29, 0.717) is 18.6 Å². The Balaban J connectivity index is 2.71. The zero-order chi connectivity index (χ0) is 12.0. The first kappa shape index (κ1) is 12.5. The number of anilines is 2. The van der Waals surface area contributed by atoms with Gasteiger partial charge in [0.25, 0.3) is 0 Å². The predicted molar refractivity (Wildman–Crippen MR) is 63.4 cm³/mol. The summed E-state index contributed by atoms with van der Waals surface area (Å²) in [6, 6.07) is 0.572. The number of rotatable bonds is 6. The highest BCUT2D eigenvalue weighted by atomic mass is 16.5. The fourth-order valence-corrected chi connectivity index (χ4v) is 1.36. The van der Waals surface area contributed by atoms with Crippen LogP contribution in [0.4, 0.5) is 11.9 Å². The van der Waals surface area contributed by atoms with Crippen molar-refractivity contribution in [3.63, 3.8) is 0 Å². The van der Waals surface area contributed by atoms with E-state index in [0.717, 1.165) is 12.8 Å². The van der Waals surface area contributed by atoms with E-state index in [2.05, 4.69) is 34.1 Å². The molecule has 1 unspecified atom stereocenters. The topological polar surface area (TPSA) is 86.0 Å². The van der Waals surface area contributed by atoms with Crippen molar-refractivity contribution in [2.24, 2.45) is 0 Å². The van der Waals surface area contributed by atoms with Gasteiger partial charge in [-0.2, -0.15) is 15.0 Å². The molecule has 1 atom stereocenters. The molecule has 1 heterocycles. The third-order valence-corrected chi connectivity index (χ3v) is 2.00. The summed E-state index contributed by atoms with van der Waals surface area (Å²) in [4.78, 5) is 12.0. The summed E-state index contributed by atoms with van der Waals surface area (Å²) in [5.41, 5.74) is 5.56. The maximum atomic E-state index is 5.56. The molecule has 3 N–H and O–H groups in total. The maximum Gasteiger partial charge on any atom is 0.323 e. The standard InChI is InChI=1S/C10H19N5O/c1-4-6-7(3)12-9-13-8(11)14-10(15-9)16-5-2/h7H,4-6H2,1-3H3,(H3,11,12,13,14,15). The lowest BCUT2D eigenvalue weighted by molar-refractivity contribution is 0.312. The Kier molecular flexibility index (Phi) is 4.75. The molecule has 1 rings (SSSR count). The Morgan fingerprint density at radius 3 is 2.69 bits per heavy atom. The largest absolute Gasteiger partial charge is 0.464 e. The summed E-state index contributed by atoms with van der Waals surface area (Å²) in [6.07, 6.45) is 2.16. The van der Waals surface area contributed by atoms with E-state index in [9.17, 15) is 0 Å². The molecule has 90 valence electrons. The molecule has 0 saturated carbocycles. The minimum Gasteiger partial charge on any atom is -0.464 e. The SMILES string of the molecule is CCCC(C)Nc1nc(N)nc(OCC)n1. The minimum absolute atomic E-state index is 0.171. The third kappa shape index (κ3) is 3.88. The van der Waals surface area contributed by atoms with Gasteiger partial charge in [0.2, 0.25) is 11.9 Å². The maximum absolute atomic E-state index is 5.56. The summed E-state index contributed by atoms with van der Waals surface area (Å²) < 4.78 is 5.19. The Hall–Kier alpha value is -1.59. The first-order valence-electron chi connectivity index (χ1n) is 5.56. The lowest BCUT2D eigenvalue weighted by Crippen LogP contribution is -2.18. The van der Waals surface area contributed by atoms with E-state index >= 15 is 0 Å². The number of nitrogen functional groups attached to an aromatic ring is 1. The van der Waals surface area contributed by atoms with Crippen LogP contribution in [0.2, 0.25) is 0 Å². The number of aromatic nitrogens is 3. The van der Waals surface area contributed by atoms with Crippen LogP contribution in [-0.2, 0) is 0 Å². The second kappa shape index (κ2) is 6.09. The second-order valence-electron chi connectivity index (χ2n) is 3.57. The molecule has 0 fully saturated rings. The van der Waals surface area contributed by atoms with E-state index in [1.807, 2.05) is 6.92 Å². The number of hydrogen-bond donors (Lipinski definition) is 2. The molecule has 6 nitrogen and oxygen atoms in total. The molecule has 0 saturated heterocycles. The lowest BCUT2D eigenvalue weighted by atomic mass is 10.2. The monoisotopic (exact) mass is 225 g/mol. The summed E-state index contributed by atoms with van der Waals surface area (Å²) >= 11 is 0. The number of nitrogens with two attached hydrogens (primary N) is 1. The van der Waals surface area contributed by atoms with Gasteiger partial charge in [0.05, 0.1) is 6.61 Å². The number of ether oxygens (including phenoxy) is 1. The van der Waals surface area contributed by atoms with E-state index in [4.69, 9.17) is 10.5 Å². The van der Waals surface area contributed by atoms with Gasteiger partial charge in [-0.25, -0.2) is 0 Å². The molecule has 0 amide bonds.